The maximum absolute atomic E-state index is 12.9. The van der Waals surface area contributed by atoms with Crippen LogP contribution in [0.2, 0.25) is 0 Å². The van der Waals surface area contributed by atoms with Crippen molar-refractivity contribution in [2.75, 3.05) is 11.9 Å². The third-order valence-electron chi connectivity index (χ3n) is 4.49. The summed E-state index contributed by atoms with van der Waals surface area (Å²) in [6.45, 7) is 3.32. The number of carbonyl (C=O) groups excluding carboxylic acids is 3. The number of amides is 3. The van der Waals surface area contributed by atoms with Gasteiger partial charge in [0.1, 0.15) is 5.54 Å². The number of imide groups is 1. The van der Waals surface area contributed by atoms with Crippen molar-refractivity contribution < 1.29 is 14.4 Å². The van der Waals surface area contributed by atoms with Gasteiger partial charge in [0.2, 0.25) is 11.8 Å². The van der Waals surface area contributed by atoms with Gasteiger partial charge in [-0.2, -0.15) is 0 Å². The number of nitrogens with zero attached hydrogens (tertiary/aromatic N) is 2. The molecule has 3 rings (SSSR count). The van der Waals surface area contributed by atoms with Crippen LogP contribution in [-0.2, 0) is 14.4 Å². The molecule has 0 saturated carbocycles. The lowest BCUT2D eigenvalue weighted by Crippen LogP contribution is -2.50. The maximum Gasteiger partial charge on any atom is 0.255 e. The molecule has 3 amide bonds. The zero-order chi connectivity index (χ0) is 16.1. The molecule has 1 saturated heterocycles. The largest absolute Gasteiger partial charge is 0.313 e. The molecule has 0 aliphatic carbocycles. The SMILES string of the molecule is CC1=NC(C)(C(=O)N(C)c2ccccc2)C2C(=O)NC(=O)C12. The lowest BCUT2D eigenvalue weighted by molar-refractivity contribution is -0.132. The van der Waals surface area contributed by atoms with E-state index in [1.54, 1.807) is 20.9 Å². The molecule has 0 bridgehead atoms. The van der Waals surface area contributed by atoms with Crippen LogP contribution in [0.4, 0.5) is 5.69 Å². The molecule has 0 aromatic heterocycles. The highest BCUT2D eigenvalue weighted by atomic mass is 16.2. The number of benzene rings is 1. The van der Waals surface area contributed by atoms with Gasteiger partial charge in [-0.15, -0.1) is 0 Å². The van der Waals surface area contributed by atoms with Gasteiger partial charge in [0, 0.05) is 18.4 Å². The van der Waals surface area contributed by atoms with E-state index < -0.39 is 23.3 Å². The molecule has 0 spiro atoms. The Hall–Kier alpha value is -2.50. The fourth-order valence-electron chi connectivity index (χ4n) is 3.39. The Balaban J connectivity index is 1.98. The minimum absolute atomic E-state index is 0.296. The van der Waals surface area contributed by atoms with Crippen LogP contribution < -0.4 is 10.2 Å². The average Bonchev–Trinajstić information content (AvgIpc) is 2.96. The van der Waals surface area contributed by atoms with Gasteiger partial charge in [-0.25, -0.2) is 0 Å². The van der Waals surface area contributed by atoms with E-state index in [0.717, 1.165) is 5.69 Å². The van der Waals surface area contributed by atoms with Crippen LogP contribution in [0.1, 0.15) is 13.8 Å². The highest BCUT2D eigenvalue weighted by molar-refractivity contribution is 6.21. The molecule has 22 heavy (non-hydrogen) atoms. The fourth-order valence-corrected chi connectivity index (χ4v) is 3.39. The summed E-state index contributed by atoms with van der Waals surface area (Å²) in [6.07, 6.45) is 0. The highest BCUT2D eigenvalue weighted by Gasteiger charge is 2.61. The minimum atomic E-state index is -1.25. The van der Waals surface area contributed by atoms with Crippen LogP contribution in [-0.4, -0.2) is 36.0 Å². The Morgan fingerprint density at radius 2 is 1.86 bits per heavy atom. The normalized spacial score (nSPS) is 29.9. The van der Waals surface area contributed by atoms with Gasteiger partial charge in [0.15, 0.2) is 0 Å². The number of para-hydroxylation sites is 1. The summed E-state index contributed by atoms with van der Waals surface area (Å²) in [7, 11) is 1.65. The zero-order valence-electron chi connectivity index (χ0n) is 12.7. The predicted octanol–water partition coefficient (Wildman–Crippen LogP) is 0.771. The molecule has 2 aliphatic rings. The standard InChI is InChI=1S/C16H17N3O3/c1-9-11-12(14(21)17-13(11)20)16(2,18-9)15(22)19(3)10-7-5-4-6-8-10/h4-8,11-12H,1-3H3,(H,17,20,21). The van der Waals surface area contributed by atoms with E-state index in [0.29, 0.717) is 5.71 Å². The molecule has 114 valence electrons. The zero-order valence-corrected chi connectivity index (χ0v) is 12.7. The van der Waals surface area contributed by atoms with Gasteiger partial charge in [-0.1, -0.05) is 18.2 Å². The first kappa shape index (κ1) is 14.4. The molecule has 2 aliphatic heterocycles. The van der Waals surface area contributed by atoms with Crippen LogP contribution in [0.15, 0.2) is 35.3 Å². The lowest BCUT2D eigenvalue weighted by atomic mass is 9.79. The molecule has 6 nitrogen and oxygen atoms in total. The molecule has 1 fully saturated rings. The number of anilines is 1. The molecule has 1 aromatic rings. The Kier molecular flexibility index (Phi) is 3.12. The number of hydrogen-bond acceptors (Lipinski definition) is 4. The van der Waals surface area contributed by atoms with Crippen LogP contribution in [0, 0.1) is 11.8 Å². The first-order chi connectivity index (χ1) is 10.4. The lowest BCUT2D eigenvalue weighted by Gasteiger charge is -2.30. The van der Waals surface area contributed by atoms with Crippen LogP contribution in [0.5, 0.6) is 0 Å². The van der Waals surface area contributed by atoms with Gasteiger partial charge in [0.25, 0.3) is 5.91 Å². The molecule has 1 aromatic carbocycles. The summed E-state index contributed by atoms with van der Waals surface area (Å²) in [4.78, 5) is 42.8. The van der Waals surface area contributed by atoms with Gasteiger partial charge in [0.05, 0.1) is 11.8 Å². The number of aliphatic imine (C=N–C) groups is 1. The van der Waals surface area contributed by atoms with Crippen molar-refractivity contribution in [1.29, 1.82) is 0 Å². The van der Waals surface area contributed by atoms with Crippen molar-refractivity contribution >= 4 is 29.1 Å². The Morgan fingerprint density at radius 1 is 1.23 bits per heavy atom. The van der Waals surface area contributed by atoms with Gasteiger partial charge in [-0.05, 0) is 26.0 Å². The molecular weight excluding hydrogens is 282 g/mol. The van der Waals surface area contributed by atoms with E-state index in [1.165, 1.54) is 4.90 Å². The van der Waals surface area contributed by atoms with Crippen molar-refractivity contribution in [2.24, 2.45) is 16.8 Å². The van der Waals surface area contributed by atoms with Crippen LogP contribution in [0.3, 0.4) is 0 Å². The van der Waals surface area contributed by atoms with E-state index in [2.05, 4.69) is 10.3 Å². The molecule has 0 radical (unpaired) electrons. The monoisotopic (exact) mass is 299 g/mol. The quantitative estimate of drug-likeness (QED) is 0.819. The highest BCUT2D eigenvalue weighted by Crippen LogP contribution is 2.41. The summed E-state index contributed by atoms with van der Waals surface area (Å²) in [5, 5.41) is 2.31. The third kappa shape index (κ3) is 1.87. The third-order valence-corrected chi connectivity index (χ3v) is 4.49. The Labute approximate surface area is 128 Å². The molecule has 2 heterocycles. The second kappa shape index (κ2) is 4.76. The van der Waals surface area contributed by atoms with Crippen molar-refractivity contribution in [2.45, 2.75) is 19.4 Å². The van der Waals surface area contributed by atoms with Gasteiger partial charge < -0.3 is 4.90 Å². The number of hydrogen-bond donors (Lipinski definition) is 1. The summed E-state index contributed by atoms with van der Waals surface area (Å²) < 4.78 is 0. The van der Waals surface area contributed by atoms with E-state index in [4.69, 9.17) is 0 Å². The number of nitrogens with one attached hydrogen (secondary N) is 1. The summed E-state index contributed by atoms with van der Waals surface area (Å²) in [5.41, 5.74) is -0.00399. The maximum atomic E-state index is 12.9. The summed E-state index contributed by atoms with van der Waals surface area (Å²) >= 11 is 0. The molecular formula is C16H17N3O3. The Bertz CT molecular complexity index is 698. The number of likely N-dealkylation sites (N-methyl/N-ethyl adjacent to an activating group) is 1. The second-order valence-electron chi connectivity index (χ2n) is 5.91. The first-order valence-electron chi connectivity index (χ1n) is 7.10. The van der Waals surface area contributed by atoms with E-state index in [-0.39, 0.29) is 11.8 Å². The topological polar surface area (TPSA) is 78.8 Å². The molecule has 6 heteroatoms. The number of carbonyl (C=O) groups is 3. The van der Waals surface area contributed by atoms with Crippen LogP contribution in [0.25, 0.3) is 0 Å². The van der Waals surface area contributed by atoms with Crippen molar-refractivity contribution in [3.05, 3.63) is 30.3 Å². The Morgan fingerprint density at radius 3 is 2.50 bits per heavy atom. The summed E-state index contributed by atoms with van der Waals surface area (Å²) in [5.74, 6) is -2.48. The fraction of sp³-hybridized carbons (Fsp3) is 0.375. The van der Waals surface area contributed by atoms with E-state index in [1.807, 2.05) is 30.3 Å². The smallest absolute Gasteiger partial charge is 0.255 e. The van der Waals surface area contributed by atoms with Gasteiger partial charge >= 0.3 is 0 Å². The molecule has 3 atom stereocenters. The van der Waals surface area contributed by atoms with Gasteiger partial charge in [-0.3, -0.25) is 24.7 Å². The first-order valence-corrected chi connectivity index (χ1v) is 7.10. The molecule has 1 N–H and O–H groups in total. The van der Waals surface area contributed by atoms with Crippen molar-refractivity contribution in [1.82, 2.24) is 5.32 Å². The predicted molar refractivity (Wildman–Crippen MR) is 81.5 cm³/mol. The van der Waals surface area contributed by atoms with Crippen molar-refractivity contribution in [3.8, 4) is 0 Å². The van der Waals surface area contributed by atoms with Crippen LogP contribution >= 0.6 is 0 Å². The van der Waals surface area contributed by atoms with E-state index >= 15 is 0 Å². The molecule has 3 unspecified atom stereocenters. The van der Waals surface area contributed by atoms with E-state index in [9.17, 15) is 14.4 Å². The minimum Gasteiger partial charge on any atom is -0.313 e. The average molecular weight is 299 g/mol. The second-order valence-corrected chi connectivity index (χ2v) is 5.91. The van der Waals surface area contributed by atoms with Crippen molar-refractivity contribution in [3.63, 3.8) is 0 Å². The number of rotatable bonds is 2. The summed E-state index contributed by atoms with van der Waals surface area (Å²) in [6, 6.07) is 9.15. The number of fused-ring (bicyclic) bond motifs is 1.